The number of anilines is 1. The van der Waals surface area contributed by atoms with Crippen molar-refractivity contribution in [3.05, 3.63) is 47.8 Å². The lowest BCUT2D eigenvalue weighted by Gasteiger charge is -2.11. The van der Waals surface area contributed by atoms with Crippen LogP contribution < -0.4 is 10.5 Å². The molecule has 88 valence electrons. The van der Waals surface area contributed by atoms with Gasteiger partial charge in [0.1, 0.15) is 11.6 Å². The first-order valence-electron chi connectivity index (χ1n) is 5.33. The average molecular weight is 231 g/mol. The number of benzene rings is 2. The molecule has 0 radical (unpaired) electrons. The third kappa shape index (κ3) is 1.96. The molecule has 0 aromatic heterocycles. The Morgan fingerprint density at radius 2 is 1.76 bits per heavy atom. The Morgan fingerprint density at radius 3 is 2.47 bits per heavy atom. The van der Waals surface area contributed by atoms with E-state index in [4.69, 9.17) is 10.5 Å². The molecule has 0 saturated heterocycles. The van der Waals surface area contributed by atoms with Crippen molar-refractivity contribution in [1.29, 1.82) is 0 Å². The predicted molar refractivity (Wildman–Crippen MR) is 67.5 cm³/mol. The third-order valence-corrected chi connectivity index (χ3v) is 2.83. The molecule has 0 atom stereocenters. The summed E-state index contributed by atoms with van der Waals surface area (Å²) in [5, 5.41) is 0. The molecule has 0 spiro atoms. The maximum absolute atomic E-state index is 14.1. The van der Waals surface area contributed by atoms with E-state index in [0.717, 1.165) is 5.56 Å². The van der Waals surface area contributed by atoms with Gasteiger partial charge in [0.15, 0.2) is 0 Å². The second kappa shape index (κ2) is 4.45. The van der Waals surface area contributed by atoms with E-state index in [-0.39, 0.29) is 5.82 Å². The summed E-state index contributed by atoms with van der Waals surface area (Å²) in [5.74, 6) is 0.352. The number of para-hydroxylation sites is 1. The molecule has 0 amide bonds. The molecular formula is C14H14FNO. The maximum Gasteiger partial charge on any atom is 0.136 e. The van der Waals surface area contributed by atoms with Gasteiger partial charge in [-0.15, -0.1) is 0 Å². The Kier molecular flexibility index (Phi) is 3.00. The molecule has 2 N–H and O–H groups in total. The summed E-state index contributed by atoms with van der Waals surface area (Å²) in [6.07, 6.45) is 0. The van der Waals surface area contributed by atoms with Gasteiger partial charge in [0.2, 0.25) is 0 Å². The van der Waals surface area contributed by atoms with Crippen molar-refractivity contribution in [1.82, 2.24) is 0 Å². The van der Waals surface area contributed by atoms with Gasteiger partial charge < -0.3 is 10.5 Å². The summed E-state index contributed by atoms with van der Waals surface area (Å²) in [4.78, 5) is 0. The quantitative estimate of drug-likeness (QED) is 0.804. The molecule has 3 heteroatoms. The topological polar surface area (TPSA) is 35.2 Å². The van der Waals surface area contributed by atoms with Gasteiger partial charge in [-0.25, -0.2) is 4.39 Å². The second-order valence-corrected chi connectivity index (χ2v) is 3.84. The zero-order chi connectivity index (χ0) is 12.4. The van der Waals surface area contributed by atoms with Crippen LogP contribution in [0.25, 0.3) is 11.1 Å². The van der Waals surface area contributed by atoms with Crippen molar-refractivity contribution in [2.75, 3.05) is 12.8 Å². The minimum Gasteiger partial charge on any atom is -0.496 e. The van der Waals surface area contributed by atoms with Crippen LogP contribution in [0.4, 0.5) is 10.1 Å². The number of hydrogen-bond donors (Lipinski definition) is 1. The van der Waals surface area contributed by atoms with Crippen LogP contribution in [-0.2, 0) is 0 Å². The van der Waals surface area contributed by atoms with Crippen molar-refractivity contribution in [2.24, 2.45) is 0 Å². The first-order valence-corrected chi connectivity index (χ1v) is 5.33. The van der Waals surface area contributed by atoms with Gasteiger partial charge in [-0.3, -0.25) is 0 Å². The normalized spacial score (nSPS) is 10.3. The van der Waals surface area contributed by atoms with E-state index in [9.17, 15) is 4.39 Å². The van der Waals surface area contributed by atoms with Crippen LogP contribution in [-0.4, -0.2) is 7.11 Å². The smallest absolute Gasteiger partial charge is 0.136 e. The Labute approximate surface area is 99.8 Å². The molecule has 0 fully saturated rings. The molecule has 0 aliphatic heterocycles. The summed E-state index contributed by atoms with van der Waals surface area (Å²) >= 11 is 0. The first kappa shape index (κ1) is 11.5. The Balaban J connectivity index is 2.65. The van der Waals surface area contributed by atoms with E-state index in [1.54, 1.807) is 32.2 Å². The summed E-state index contributed by atoms with van der Waals surface area (Å²) in [6.45, 7) is 1.67. The molecule has 17 heavy (non-hydrogen) atoms. The molecule has 2 aromatic rings. The molecule has 0 aliphatic rings. The molecule has 0 saturated carbocycles. The lowest BCUT2D eigenvalue weighted by atomic mass is 10.0. The number of nitrogen functional groups attached to an aromatic ring is 1. The number of rotatable bonds is 2. The van der Waals surface area contributed by atoms with Crippen molar-refractivity contribution >= 4 is 5.69 Å². The Bertz CT molecular complexity index is 552. The lowest BCUT2D eigenvalue weighted by Crippen LogP contribution is -1.96. The number of nitrogens with two attached hydrogens (primary N) is 1. The van der Waals surface area contributed by atoms with E-state index in [1.165, 1.54) is 0 Å². The first-order chi connectivity index (χ1) is 8.15. The standard InChI is InChI=1S/C14H14FNO/c1-9-12(16)8-7-11(14(9)15)10-5-3-4-6-13(10)17-2/h3-8H,16H2,1-2H3. The second-order valence-electron chi connectivity index (χ2n) is 3.84. The van der Waals surface area contributed by atoms with Crippen LogP contribution in [0.1, 0.15) is 5.56 Å². The van der Waals surface area contributed by atoms with Gasteiger partial charge in [-0.1, -0.05) is 18.2 Å². The largest absolute Gasteiger partial charge is 0.496 e. The molecule has 2 nitrogen and oxygen atoms in total. The maximum atomic E-state index is 14.1. The van der Waals surface area contributed by atoms with Crippen LogP contribution >= 0.6 is 0 Å². The Hall–Kier alpha value is -2.03. The minimum atomic E-state index is -0.297. The van der Waals surface area contributed by atoms with Crippen LogP contribution in [0.2, 0.25) is 0 Å². The van der Waals surface area contributed by atoms with E-state index in [0.29, 0.717) is 22.6 Å². The summed E-state index contributed by atoms with van der Waals surface area (Å²) in [5.41, 5.74) is 7.83. The number of halogens is 1. The lowest BCUT2D eigenvalue weighted by molar-refractivity contribution is 0.416. The van der Waals surface area contributed by atoms with E-state index < -0.39 is 0 Å². The molecule has 2 aromatic carbocycles. The number of hydrogen-bond acceptors (Lipinski definition) is 2. The average Bonchev–Trinajstić information content (AvgIpc) is 2.36. The van der Waals surface area contributed by atoms with Gasteiger partial charge in [-0.2, -0.15) is 0 Å². The molecule has 0 unspecified atom stereocenters. The fraction of sp³-hybridized carbons (Fsp3) is 0.143. The van der Waals surface area contributed by atoms with Crippen LogP contribution in [0.3, 0.4) is 0 Å². The van der Waals surface area contributed by atoms with Crippen LogP contribution in [0.15, 0.2) is 36.4 Å². The number of methoxy groups -OCH3 is 1. The zero-order valence-corrected chi connectivity index (χ0v) is 9.83. The minimum absolute atomic E-state index is 0.297. The van der Waals surface area contributed by atoms with Gasteiger partial charge in [0, 0.05) is 22.4 Å². The van der Waals surface area contributed by atoms with E-state index in [2.05, 4.69) is 0 Å². The van der Waals surface area contributed by atoms with Crippen molar-refractivity contribution in [3.8, 4) is 16.9 Å². The highest BCUT2D eigenvalue weighted by molar-refractivity contribution is 5.73. The van der Waals surface area contributed by atoms with Gasteiger partial charge in [-0.05, 0) is 25.1 Å². The van der Waals surface area contributed by atoms with Crippen LogP contribution in [0, 0.1) is 12.7 Å². The summed E-state index contributed by atoms with van der Waals surface area (Å²) in [7, 11) is 1.57. The van der Waals surface area contributed by atoms with Crippen LogP contribution in [0.5, 0.6) is 5.75 Å². The van der Waals surface area contributed by atoms with E-state index in [1.807, 2.05) is 18.2 Å². The van der Waals surface area contributed by atoms with Gasteiger partial charge in [0.05, 0.1) is 7.11 Å². The van der Waals surface area contributed by atoms with Crippen molar-refractivity contribution in [3.63, 3.8) is 0 Å². The summed E-state index contributed by atoms with van der Waals surface area (Å²) in [6, 6.07) is 10.7. The highest BCUT2D eigenvalue weighted by atomic mass is 19.1. The number of ether oxygens (including phenoxy) is 1. The summed E-state index contributed by atoms with van der Waals surface area (Å²) < 4.78 is 19.4. The predicted octanol–water partition coefficient (Wildman–Crippen LogP) is 3.39. The SMILES string of the molecule is COc1ccccc1-c1ccc(N)c(C)c1F. The molecule has 2 rings (SSSR count). The molecule has 0 bridgehead atoms. The fourth-order valence-corrected chi connectivity index (χ4v) is 1.78. The van der Waals surface area contributed by atoms with E-state index >= 15 is 0 Å². The molecule has 0 heterocycles. The molecular weight excluding hydrogens is 217 g/mol. The zero-order valence-electron chi connectivity index (χ0n) is 9.83. The fourth-order valence-electron chi connectivity index (χ4n) is 1.78. The Morgan fingerprint density at radius 1 is 1.06 bits per heavy atom. The monoisotopic (exact) mass is 231 g/mol. The highest BCUT2D eigenvalue weighted by Crippen LogP contribution is 2.33. The van der Waals surface area contributed by atoms with Gasteiger partial charge in [0.25, 0.3) is 0 Å². The van der Waals surface area contributed by atoms with Gasteiger partial charge >= 0.3 is 0 Å². The van der Waals surface area contributed by atoms with Crippen molar-refractivity contribution < 1.29 is 9.13 Å². The highest BCUT2D eigenvalue weighted by Gasteiger charge is 2.13. The van der Waals surface area contributed by atoms with Crippen molar-refractivity contribution in [2.45, 2.75) is 6.92 Å². The third-order valence-electron chi connectivity index (χ3n) is 2.83. The molecule has 0 aliphatic carbocycles.